The minimum Gasteiger partial charge on any atom is -0.491 e. The van der Waals surface area contributed by atoms with E-state index < -0.39 is 5.41 Å². The number of nitrogens with two attached hydrogens (primary N) is 1. The molecule has 0 atom stereocenters. The molecule has 1 fully saturated rings. The number of rotatable bonds is 12. The maximum absolute atomic E-state index is 11.6. The van der Waals surface area contributed by atoms with Gasteiger partial charge < -0.3 is 25.8 Å². The zero-order valence-corrected chi connectivity index (χ0v) is 20.9. The number of carbonyl (C=O) groups excluding carboxylic acids is 1. The number of anilines is 1. The number of hydrogen-bond donors (Lipinski definition) is 3. The zero-order chi connectivity index (χ0) is 21.3. The summed E-state index contributed by atoms with van der Waals surface area (Å²) in [5.74, 6) is 1.84. The van der Waals surface area contributed by atoms with E-state index in [1.807, 2.05) is 38.1 Å². The van der Waals surface area contributed by atoms with E-state index in [-0.39, 0.29) is 36.0 Å². The first kappa shape index (κ1) is 26.5. The number of carbonyl (C=O) groups is 1. The van der Waals surface area contributed by atoms with E-state index in [2.05, 4.69) is 15.6 Å². The number of guanidine groups is 1. The maximum Gasteiger partial charge on any atom is 0.224 e. The van der Waals surface area contributed by atoms with E-state index in [1.165, 1.54) is 12.8 Å². The SMILES string of the molecule is CC(C)Oc1ccc(NC(=NCC(C)(C)C(N)=O)NCCCOCC2CC2)cc1.I. The van der Waals surface area contributed by atoms with E-state index in [0.717, 1.165) is 43.5 Å². The topological polar surface area (TPSA) is 98.0 Å². The van der Waals surface area contributed by atoms with Crippen LogP contribution >= 0.6 is 24.0 Å². The van der Waals surface area contributed by atoms with E-state index in [4.69, 9.17) is 15.2 Å². The number of primary amides is 1. The Balaban J connectivity index is 0.00000450. The van der Waals surface area contributed by atoms with Crippen molar-refractivity contribution in [1.29, 1.82) is 0 Å². The van der Waals surface area contributed by atoms with Crippen LogP contribution in [0.2, 0.25) is 0 Å². The van der Waals surface area contributed by atoms with Crippen molar-refractivity contribution in [1.82, 2.24) is 5.32 Å². The average Bonchev–Trinajstić information content (AvgIpc) is 3.47. The number of nitrogens with one attached hydrogen (secondary N) is 2. The van der Waals surface area contributed by atoms with Gasteiger partial charge in [-0.1, -0.05) is 0 Å². The van der Waals surface area contributed by atoms with Gasteiger partial charge in [0.25, 0.3) is 0 Å². The quantitative estimate of drug-likeness (QED) is 0.165. The minimum atomic E-state index is -0.711. The summed E-state index contributed by atoms with van der Waals surface area (Å²) in [5.41, 5.74) is 5.64. The molecule has 1 amide bonds. The fourth-order valence-corrected chi connectivity index (χ4v) is 2.44. The lowest BCUT2D eigenvalue weighted by Gasteiger charge is -2.19. The highest BCUT2D eigenvalue weighted by molar-refractivity contribution is 14.0. The molecule has 7 nitrogen and oxygen atoms in total. The molecular weight excluding hydrogens is 495 g/mol. The fourth-order valence-electron chi connectivity index (χ4n) is 2.44. The van der Waals surface area contributed by atoms with Crippen molar-refractivity contribution in [3.8, 4) is 5.75 Å². The predicted molar refractivity (Wildman–Crippen MR) is 133 cm³/mol. The molecule has 0 bridgehead atoms. The second-order valence-corrected chi connectivity index (χ2v) is 8.53. The fraction of sp³-hybridized carbons (Fsp3) is 0.636. The van der Waals surface area contributed by atoms with Gasteiger partial charge >= 0.3 is 0 Å². The molecule has 0 unspecified atom stereocenters. The number of aliphatic imine (C=N–C) groups is 1. The smallest absolute Gasteiger partial charge is 0.224 e. The lowest BCUT2D eigenvalue weighted by molar-refractivity contribution is -0.125. The number of halogens is 1. The Morgan fingerprint density at radius 1 is 1.27 bits per heavy atom. The summed E-state index contributed by atoms with van der Waals surface area (Å²) in [6.07, 6.45) is 3.62. The summed E-state index contributed by atoms with van der Waals surface area (Å²) in [5, 5.41) is 6.59. The Bertz CT molecular complexity index is 673. The lowest BCUT2D eigenvalue weighted by atomic mass is 9.93. The van der Waals surface area contributed by atoms with Gasteiger partial charge in [-0.2, -0.15) is 0 Å². The van der Waals surface area contributed by atoms with Crippen LogP contribution in [0.3, 0.4) is 0 Å². The average molecular weight is 532 g/mol. The Hall–Kier alpha value is -1.55. The van der Waals surface area contributed by atoms with Crippen LogP contribution in [0.15, 0.2) is 29.3 Å². The van der Waals surface area contributed by atoms with Crippen molar-refractivity contribution in [3.05, 3.63) is 24.3 Å². The Labute approximate surface area is 197 Å². The van der Waals surface area contributed by atoms with Crippen molar-refractivity contribution in [2.75, 3.05) is 31.6 Å². The highest BCUT2D eigenvalue weighted by atomic mass is 127. The molecule has 0 radical (unpaired) electrons. The standard InChI is InChI=1S/C22H36N4O3.HI/c1-16(2)29-19-10-8-18(9-11-19)26-21(25-15-22(3,4)20(23)27)24-12-5-13-28-14-17-6-7-17;/h8-11,16-17H,5-7,12-15H2,1-4H3,(H2,23,27)(H2,24,25,26);1H. The molecule has 0 spiro atoms. The molecule has 8 heteroatoms. The van der Waals surface area contributed by atoms with Crippen molar-refractivity contribution >= 4 is 41.5 Å². The van der Waals surface area contributed by atoms with Gasteiger partial charge in [0.1, 0.15) is 5.75 Å². The molecule has 0 aliphatic heterocycles. The third-order valence-corrected chi connectivity index (χ3v) is 4.60. The minimum absolute atomic E-state index is 0. The Morgan fingerprint density at radius 3 is 2.50 bits per heavy atom. The highest BCUT2D eigenvalue weighted by Crippen LogP contribution is 2.28. The molecule has 170 valence electrons. The van der Waals surface area contributed by atoms with Gasteiger partial charge in [-0.05, 0) is 77.1 Å². The molecule has 1 aliphatic rings. The molecule has 4 N–H and O–H groups in total. The van der Waals surface area contributed by atoms with Gasteiger partial charge in [-0.25, -0.2) is 0 Å². The summed E-state index contributed by atoms with van der Waals surface area (Å²) < 4.78 is 11.4. The maximum atomic E-state index is 11.6. The zero-order valence-electron chi connectivity index (χ0n) is 18.6. The second-order valence-electron chi connectivity index (χ2n) is 8.53. The van der Waals surface area contributed by atoms with Crippen LogP contribution in [0.4, 0.5) is 5.69 Å². The van der Waals surface area contributed by atoms with Gasteiger partial charge in [-0.15, -0.1) is 24.0 Å². The van der Waals surface area contributed by atoms with Crippen molar-refractivity contribution in [2.24, 2.45) is 22.1 Å². The van der Waals surface area contributed by atoms with Gasteiger partial charge in [0.2, 0.25) is 5.91 Å². The van der Waals surface area contributed by atoms with Crippen LogP contribution in [0, 0.1) is 11.3 Å². The monoisotopic (exact) mass is 532 g/mol. The number of ether oxygens (including phenoxy) is 2. The third kappa shape index (κ3) is 10.5. The van der Waals surface area contributed by atoms with Gasteiger partial charge in [0.05, 0.1) is 18.1 Å². The van der Waals surface area contributed by atoms with Crippen molar-refractivity contribution in [2.45, 2.75) is 53.1 Å². The lowest BCUT2D eigenvalue weighted by Crippen LogP contribution is -2.37. The van der Waals surface area contributed by atoms with Crippen LogP contribution in [0.5, 0.6) is 5.75 Å². The molecule has 1 aliphatic carbocycles. The summed E-state index contributed by atoms with van der Waals surface area (Å²) in [4.78, 5) is 16.2. The molecule has 0 aromatic heterocycles. The second kappa shape index (κ2) is 13.0. The predicted octanol–water partition coefficient (Wildman–Crippen LogP) is 3.78. The van der Waals surface area contributed by atoms with Gasteiger partial charge in [-0.3, -0.25) is 9.79 Å². The van der Waals surface area contributed by atoms with E-state index >= 15 is 0 Å². The molecule has 0 heterocycles. The summed E-state index contributed by atoms with van der Waals surface area (Å²) >= 11 is 0. The van der Waals surface area contributed by atoms with Gasteiger partial charge in [0.15, 0.2) is 5.96 Å². The first-order chi connectivity index (χ1) is 13.8. The first-order valence-electron chi connectivity index (χ1n) is 10.5. The molecule has 1 saturated carbocycles. The largest absolute Gasteiger partial charge is 0.491 e. The number of benzene rings is 1. The summed E-state index contributed by atoms with van der Waals surface area (Å²) in [7, 11) is 0. The Morgan fingerprint density at radius 2 is 1.93 bits per heavy atom. The summed E-state index contributed by atoms with van der Waals surface area (Å²) in [6, 6.07) is 7.71. The molecule has 2 rings (SSSR count). The van der Waals surface area contributed by atoms with E-state index in [0.29, 0.717) is 12.5 Å². The normalized spacial score (nSPS) is 14.2. The van der Waals surface area contributed by atoms with E-state index in [9.17, 15) is 4.79 Å². The Kier molecular flexibility index (Phi) is 11.5. The van der Waals surface area contributed by atoms with Crippen LogP contribution in [-0.2, 0) is 9.53 Å². The van der Waals surface area contributed by atoms with Crippen molar-refractivity contribution < 1.29 is 14.3 Å². The molecule has 1 aromatic carbocycles. The van der Waals surface area contributed by atoms with Crippen LogP contribution in [0.25, 0.3) is 0 Å². The number of hydrogen-bond acceptors (Lipinski definition) is 4. The van der Waals surface area contributed by atoms with Gasteiger partial charge in [0, 0.05) is 25.4 Å². The number of amides is 1. The molecular formula is C22H37IN4O3. The molecule has 1 aromatic rings. The van der Waals surface area contributed by atoms with Crippen LogP contribution in [0.1, 0.15) is 47.0 Å². The first-order valence-corrected chi connectivity index (χ1v) is 10.5. The van der Waals surface area contributed by atoms with Crippen LogP contribution in [-0.4, -0.2) is 44.3 Å². The third-order valence-electron chi connectivity index (χ3n) is 4.60. The van der Waals surface area contributed by atoms with Crippen molar-refractivity contribution in [3.63, 3.8) is 0 Å². The summed E-state index contributed by atoms with van der Waals surface area (Å²) in [6.45, 7) is 10.2. The molecule has 30 heavy (non-hydrogen) atoms. The van der Waals surface area contributed by atoms with Crippen LogP contribution < -0.4 is 21.1 Å². The molecule has 0 saturated heterocycles. The highest BCUT2D eigenvalue weighted by Gasteiger charge is 2.24. The number of nitrogens with zero attached hydrogens (tertiary/aromatic N) is 1. The van der Waals surface area contributed by atoms with E-state index in [1.54, 1.807) is 13.8 Å².